The van der Waals surface area contributed by atoms with Crippen LogP contribution in [0, 0.1) is 18.3 Å². The van der Waals surface area contributed by atoms with Crippen molar-refractivity contribution in [1.82, 2.24) is 9.21 Å². The van der Waals surface area contributed by atoms with Gasteiger partial charge in [0.15, 0.2) is 0 Å². The molecule has 5 nitrogen and oxygen atoms in total. The summed E-state index contributed by atoms with van der Waals surface area (Å²) in [6.45, 7) is 5.33. The molecule has 1 aliphatic heterocycles. The SMILES string of the molecule is Cc1ccccc1CN1CCN(S(=O)(=O)c2ccc(C#N)cc2)CC1. The molecule has 1 heterocycles. The lowest BCUT2D eigenvalue weighted by molar-refractivity contribution is 0.181. The van der Waals surface area contributed by atoms with Crippen LogP contribution < -0.4 is 0 Å². The van der Waals surface area contributed by atoms with E-state index in [4.69, 9.17) is 5.26 Å². The Hall–Kier alpha value is -2.20. The number of hydrogen-bond donors (Lipinski definition) is 0. The molecule has 3 rings (SSSR count). The van der Waals surface area contributed by atoms with Gasteiger partial charge in [-0.1, -0.05) is 24.3 Å². The van der Waals surface area contributed by atoms with E-state index in [1.807, 2.05) is 18.2 Å². The molecule has 0 saturated carbocycles. The molecule has 6 heteroatoms. The van der Waals surface area contributed by atoms with Gasteiger partial charge in [-0.3, -0.25) is 4.90 Å². The van der Waals surface area contributed by atoms with Crippen LogP contribution in [-0.4, -0.2) is 43.8 Å². The molecule has 0 bridgehead atoms. The van der Waals surface area contributed by atoms with Crippen LogP contribution in [0.3, 0.4) is 0 Å². The summed E-state index contributed by atoms with van der Waals surface area (Å²) in [6.07, 6.45) is 0. The second-order valence-electron chi connectivity index (χ2n) is 6.24. The summed E-state index contributed by atoms with van der Waals surface area (Å²) in [5.41, 5.74) is 3.00. The number of hydrogen-bond acceptors (Lipinski definition) is 4. The van der Waals surface area contributed by atoms with E-state index in [1.54, 1.807) is 12.1 Å². The smallest absolute Gasteiger partial charge is 0.243 e. The second-order valence-corrected chi connectivity index (χ2v) is 8.18. The van der Waals surface area contributed by atoms with Crippen molar-refractivity contribution in [3.63, 3.8) is 0 Å². The summed E-state index contributed by atoms with van der Waals surface area (Å²) < 4.78 is 27.0. The first-order valence-electron chi connectivity index (χ1n) is 8.28. The van der Waals surface area contributed by atoms with Crippen LogP contribution in [-0.2, 0) is 16.6 Å². The lowest BCUT2D eigenvalue weighted by atomic mass is 10.1. The van der Waals surface area contributed by atoms with Crippen molar-refractivity contribution < 1.29 is 8.42 Å². The largest absolute Gasteiger partial charge is 0.296 e. The van der Waals surface area contributed by atoms with E-state index in [9.17, 15) is 8.42 Å². The highest BCUT2D eigenvalue weighted by molar-refractivity contribution is 7.89. The van der Waals surface area contributed by atoms with Gasteiger partial charge in [0.05, 0.1) is 16.5 Å². The zero-order valence-corrected chi connectivity index (χ0v) is 15.0. The van der Waals surface area contributed by atoms with Gasteiger partial charge in [-0.25, -0.2) is 8.42 Å². The minimum Gasteiger partial charge on any atom is -0.296 e. The Labute approximate surface area is 149 Å². The zero-order valence-electron chi connectivity index (χ0n) is 14.2. The normalized spacial score (nSPS) is 16.5. The molecule has 1 fully saturated rings. The van der Waals surface area contributed by atoms with Crippen LogP contribution in [0.2, 0.25) is 0 Å². The van der Waals surface area contributed by atoms with Gasteiger partial charge >= 0.3 is 0 Å². The van der Waals surface area contributed by atoms with Crippen molar-refractivity contribution in [1.29, 1.82) is 5.26 Å². The van der Waals surface area contributed by atoms with Gasteiger partial charge < -0.3 is 0 Å². The fourth-order valence-corrected chi connectivity index (χ4v) is 4.43. The quantitative estimate of drug-likeness (QED) is 0.845. The molecule has 0 aromatic heterocycles. The van der Waals surface area contributed by atoms with E-state index >= 15 is 0 Å². The maximum atomic E-state index is 12.7. The minimum atomic E-state index is -3.49. The zero-order chi connectivity index (χ0) is 17.9. The predicted octanol–water partition coefficient (Wildman–Crippen LogP) is 2.37. The van der Waals surface area contributed by atoms with Crippen molar-refractivity contribution in [3.05, 3.63) is 65.2 Å². The van der Waals surface area contributed by atoms with Gasteiger partial charge in [-0.2, -0.15) is 9.57 Å². The standard InChI is InChI=1S/C19H21N3O2S/c1-16-4-2-3-5-18(16)15-21-10-12-22(13-11-21)25(23,24)19-8-6-17(14-20)7-9-19/h2-9H,10-13,15H2,1H3. The van der Waals surface area contributed by atoms with Gasteiger partial charge in [0.1, 0.15) is 0 Å². The molecule has 25 heavy (non-hydrogen) atoms. The number of rotatable bonds is 4. The average molecular weight is 355 g/mol. The summed E-state index contributed by atoms with van der Waals surface area (Å²) in [7, 11) is -3.49. The summed E-state index contributed by atoms with van der Waals surface area (Å²) in [6, 6.07) is 16.4. The van der Waals surface area contributed by atoms with E-state index in [0.29, 0.717) is 31.7 Å². The van der Waals surface area contributed by atoms with Crippen LogP contribution in [0.1, 0.15) is 16.7 Å². The number of piperazine rings is 1. The summed E-state index contributed by atoms with van der Waals surface area (Å²) >= 11 is 0. The molecule has 0 spiro atoms. The summed E-state index contributed by atoms with van der Waals surface area (Å²) in [5, 5.41) is 8.83. The maximum Gasteiger partial charge on any atom is 0.243 e. The fourth-order valence-electron chi connectivity index (χ4n) is 3.01. The highest BCUT2D eigenvalue weighted by atomic mass is 32.2. The highest BCUT2D eigenvalue weighted by Gasteiger charge is 2.28. The van der Waals surface area contributed by atoms with Gasteiger partial charge in [-0.05, 0) is 42.3 Å². The Bertz CT molecular complexity index is 878. The lowest BCUT2D eigenvalue weighted by Crippen LogP contribution is -2.48. The van der Waals surface area contributed by atoms with E-state index in [1.165, 1.54) is 27.6 Å². The van der Waals surface area contributed by atoms with Crippen molar-refractivity contribution >= 4 is 10.0 Å². The molecular formula is C19H21N3O2S. The molecule has 0 aliphatic carbocycles. The molecular weight excluding hydrogens is 334 g/mol. The van der Waals surface area contributed by atoms with Crippen LogP contribution in [0.4, 0.5) is 0 Å². The van der Waals surface area contributed by atoms with Crippen LogP contribution in [0.15, 0.2) is 53.4 Å². The summed E-state index contributed by atoms with van der Waals surface area (Å²) in [4.78, 5) is 2.53. The predicted molar refractivity (Wildman–Crippen MR) is 96.4 cm³/mol. The van der Waals surface area contributed by atoms with Crippen molar-refractivity contribution in [2.75, 3.05) is 26.2 Å². The lowest BCUT2D eigenvalue weighted by Gasteiger charge is -2.34. The Morgan fingerprint density at radius 3 is 2.24 bits per heavy atom. The van der Waals surface area contributed by atoms with Crippen LogP contribution >= 0.6 is 0 Å². The number of nitriles is 1. The number of sulfonamides is 1. The van der Waals surface area contributed by atoms with E-state index < -0.39 is 10.0 Å². The summed E-state index contributed by atoms with van der Waals surface area (Å²) in [5.74, 6) is 0. The average Bonchev–Trinajstić information content (AvgIpc) is 2.64. The molecule has 0 amide bonds. The van der Waals surface area contributed by atoms with Crippen LogP contribution in [0.5, 0.6) is 0 Å². The molecule has 1 aliphatic rings. The third-order valence-electron chi connectivity index (χ3n) is 4.61. The Balaban J connectivity index is 1.65. The number of benzene rings is 2. The van der Waals surface area contributed by atoms with Crippen molar-refractivity contribution in [2.45, 2.75) is 18.4 Å². The molecule has 0 unspecified atom stereocenters. The van der Waals surface area contributed by atoms with Gasteiger partial charge in [0, 0.05) is 32.7 Å². The molecule has 2 aromatic rings. The first-order valence-corrected chi connectivity index (χ1v) is 9.72. The Morgan fingerprint density at radius 2 is 1.64 bits per heavy atom. The molecule has 130 valence electrons. The van der Waals surface area contributed by atoms with E-state index in [-0.39, 0.29) is 4.90 Å². The topological polar surface area (TPSA) is 64.4 Å². The molecule has 0 atom stereocenters. The van der Waals surface area contributed by atoms with Crippen molar-refractivity contribution in [3.8, 4) is 6.07 Å². The van der Waals surface area contributed by atoms with Crippen LogP contribution in [0.25, 0.3) is 0 Å². The van der Waals surface area contributed by atoms with E-state index in [2.05, 4.69) is 24.0 Å². The van der Waals surface area contributed by atoms with Gasteiger partial charge in [0.25, 0.3) is 0 Å². The minimum absolute atomic E-state index is 0.249. The first-order chi connectivity index (χ1) is 12.0. The number of nitrogens with zero attached hydrogens (tertiary/aromatic N) is 3. The van der Waals surface area contributed by atoms with Gasteiger partial charge in [-0.15, -0.1) is 0 Å². The number of aryl methyl sites for hydroxylation is 1. The second kappa shape index (κ2) is 7.36. The molecule has 1 saturated heterocycles. The Morgan fingerprint density at radius 1 is 1.00 bits per heavy atom. The fraction of sp³-hybridized carbons (Fsp3) is 0.316. The highest BCUT2D eigenvalue weighted by Crippen LogP contribution is 2.19. The maximum absolute atomic E-state index is 12.7. The Kier molecular flexibility index (Phi) is 5.19. The van der Waals surface area contributed by atoms with Crippen molar-refractivity contribution in [2.24, 2.45) is 0 Å². The third-order valence-corrected chi connectivity index (χ3v) is 6.52. The molecule has 0 N–H and O–H groups in total. The third kappa shape index (κ3) is 3.90. The van der Waals surface area contributed by atoms with Gasteiger partial charge in [0.2, 0.25) is 10.0 Å². The van der Waals surface area contributed by atoms with E-state index in [0.717, 1.165) is 6.54 Å². The first kappa shape index (κ1) is 17.6. The molecule has 2 aromatic carbocycles. The molecule has 0 radical (unpaired) electrons. The monoisotopic (exact) mass is 355 g/mol.